The average molecular weight is 374 g/mol. The van der Waals surface area contributed by atoms with Crippen LogP contribution in [0.2, 0.25) is 0 Å². The molecule has 2 heterocycles. The first kappa shape index (κ1) is 20.3. The summed E-state index contributed by atoms with van der Waals surface area (Å²) < 4.78 is 0. The molecule has 1 aromatic heterocycles. The zero-order valence-corrected chi connectivity index (χ0v) is 16.9. The van der Waals surface area contributed by atoms with Crippen LogP contribution in [0.1, 0.15) is 44.6 Å². The summed E-state index contributed by atoms with van der Waals surface area (Å²) in [4.78, 5) is 21.5. The molecule has 1 saturated heterocycles. The average Bonchev–Trinajstić information content (AvgIpc) is 3.34. The Kier molecular flexibility index (Phi) is 7.25. The molecule has 5 heteroatoms. The second-order valence-electron chi connectivity index (χ2n) is 8.42. The molecule has 1 N–H and O–H groups in total. The highest BCUT2D eigenvalue weighted by molar-refractivity contribution is 5.79. The third kappa shape index (κ3) is 4.88. The second kappa shape index (κ2) is 9.65. The molecule has 1 aliphatic carbocycles. The number of aliphatic hydroxyl groups is 1. The highest BCUT2D eigenvalue weighted by Crippen LogP contribution is 2.36. The van der Waals surface area contributed by atoms with Gasteiger partial charge in [0.1, 0.15) is 0 Å². The van der Waals surface area contributed by atoms with Gasteiger partial charge in [0.15, 0.2) is 0 Å². The van der Waals surface area contributed by atoms with E-state index in [1.54, 1.807) is 0 Å². The molecule has 3 rings (SSSR count). The number of amides is 1. The summed E-state index contributed by atoms with van der Waals surface area (Å²) in [7, 11) is 2.16. The lowest BCUT2D eigenvalue weighted by atomic mass is 9.88. The number of nitrogens with zero attached hydrogens (tertiary/aromatic N) is 3. The predicted molar refractivity (Wildman–Crippen MR) is 107 cm³/mol. The number of carbonyl (C=O) groups excluding carboxylic acids is 1. The lowest BCUT2D eigenvalue weighted by Gasteiger charge is -2.31. The molecule has 0 bridgehead atoms. The summed E-state index contributed by atoms with van der Waals surface area (Å²) in [6.45, 7) is 5.03. The molecular formula is C22H35N3O2. The van der Waals surface area contributed by atoms with Crippen LogP contribution >= 0.6 is 0 Å². The monoisotopic (exact) mass is 373 g/mol. The van der Waals surface area contributed by atoms with Crippen molar-refractivity contribution in [3.63, 3.8) is 0 Å². The van der Waals surface area contributed by atoms with Crippen molar-refractivity contribution in [3.05, 3.63) is 30.1 Å². The molecule has 27 heavy (non-hydrogen) atoms. The van der Waals surface area contributed by atoms with E-state index < -0.39 is 0 Å². The zero-order chi connectivity index (χ0) is 19.2. The van der Waals surface area contributed by atoms with Gasteiger partial charge in [-0.2, -0.15) is 0 Å². The van der Waals surface area contributed by atoms with Crippen molar-refractivity contribution in [3.8, 4) is 0 Å². The molecule has 3 atom stereocenters. The second-order valence-corrected chi connectivity index (χ2v) is 8.42. The summed E-state index contributed by atoms with van der Waals surface area (Å²) in [5.41, 5.74) is 1.30. The first-order valence-electron chi connectivity index (χ1n) is 10.6. The highest BCUT2D eigenvalue weighted by Gasteiger charge is 2.44. The topological polar surface area (TPSA) is 56.7 Å². The zero-order valence-electron chi connectivity index (χ0n) is 16.9. The summed E-state index contributed by atoms with van der Waals surface area (Å²) in [5, 5.41) is 10.1. The maximum Gasteiger partial charge on any atom is 0.226 e. The number of pyridine rings is 1. The maximum absolute atomic E-state index is 13.0. The van der Waals surface area contributed by atoms with Crippen LogP contribution in [0.5, 0.6) is 0 Å². The summed E-state index contributed by atoms with van der Waals surface area (Å²) in [5.74, 6) is 1.33. The summed E-state index contributed by atoms with van der Waals surface area (Å²) in [6.07, 6.45) is 10.1. The molecule has 0 unspecified atom stereocenters. The molecule has 1 saturated carbocycles. The van der Waals surface area contributed by atoms with Gasteiger partial charge in [-0.1, -0.05) is 26.2 Å². The number of aliphatic hydroxyl groups excluding tert-OH is 1. The van der Waals surface area contributed by atoms with Crippen molar-refractivity contribution in [2.75, 3.05) is 33.3 Å². The predicted octanol–water partition coefficient (Wildman–Crippen LogP) is 2.59. The molecule has 1 aliphatic heterocycles. The van der Waals surface area contributed by atoms with Crippen LogP contribution < -0.4 is 0 Å². The fourth-order valence-corrected chi connectivity index (χ4v) is 4.99. The van der Waals surface area contributed by atoms with Gasteiger partial charge < -0.3 is 14.9 Å². The highest BCUT2D eigenvalue weighted by atomic mass is 16.3. The third-order valence-corrected chi connectivity index (χ3v) is 6.68. The van der Waals surface area contributed by atoms with E-state index >= 15 is 0 Å². The molecular weight excluding hydrogens is 338 g/mol. The normalized spacial score (nSPS) is 26.2. The van der Waals surface area contributed by atoms with Crippen LogP contribution in [-0.4, -0.2) is 65.1 Å². The Bertz CT molecular complexity index is 588. The van der Waals surface area contributed by atoms with Gasteiger partial charge in [0.25, 0.3) is 0 Å². The Morgan fingerprint density at radius 3 is 2.63 bits per heavy atom. The number of likely N-dealkylation sites (N-methyl/N-ethyl adjacent to an activating group) is 1. The van der Waals surface area contributed by atoms with Crippen LogP contribution in [0.15, 0.2) is 24.5 Å². The lowest BCUT2D eigenvalue weighted by molar-refractivity contribution is -0.137. The molecule has 2 aliphatic rings. The quantitative estimate of drug-likeness (QED) is 0.761. The van der Waals surface area contributed by atoms with E-state index in [0.717, 1.165) is 45.3 Å². The standard InChI is InChI=1S/C22H35N3O2/c1-3-18-14-25(22(27)19-6-4-5-7-19)21(16-26)20(18)15-24(2)13-10-17-8-11-23-12-9-17/h8-9,11-12,18-21,26H,3-7,10,13-16H2,1-2H3/t18-,20-,21-/m1/s1. The van der Waals surface area contributed by atoms with E-state index in [2.05, 4.69) is 36.0 Å². The van der Waals surface area contributed by atoms with Crippen LogP contribution in [0, 0.1) is 17.8 Å². The Morgan fingerprint density at radius 1 is 1.30 bits per heavy atom. The number of aromatic nitrogens is 1. The van der Waals surface area contributed by atoms with Gasteiger partial charge in [-0.25, -0.2) is 0 Å². The Balaban J connectivity index is 1.60. The van der Waals surface area contributed by atoms with Crippen molar-refractivity contribution in [1.29, 1.82) is 0 Å². The van der Waals surface area contributed by atoms with E-state index in [1.807, 2.05) is 17.3 Å². The van der Waals surface area contributed by atoms with Crippen molar-refractivity contribution in [1.82, 2.24) is 14.8 Å². The lowest BCUT2D eigenvalue weighted by Crippen LogP contribution is -2.45. The molecule has 0 radical (unpaired) electrons. The van der Waals surface area contributed by atoms with Gasteiger partial charge >= 0.3 is 0 Å². The van der Waals surface area contributed by atoms with Crippen molar-refractivity contribution in [2.45, 2.75) is 51.5 Å². The smallest absolute Gasteiger partial charge is 0.226 e. The van der Waals surface area contributed by atoms with Gasteiger partial charge in [-0.3, -0.25) is 9.78 Å². The van der Waals surface area contributed by atoms with E-state index in [9.17, 15) is 9.90 Å². The number of likely N-dealkylation sites (tertiary alicyclic amines) is 1. The number of carbonyl (C=O) groups is 1. The van der Waals surface area contributed by atoms with E-state index in [1.165, 1.54) is 18.4 Å². The number of hydrogen-bond donors (Lipinski definition) is 1. The van der Waals surface area contributed by atoms with E-state index in [-0.39, 0.29) is 18.6 Å². The van der Waals surface area contributed by atoms with Gasteiger partial charge in [-0.15, -0.1) is 0 Å². The molecule has 0 aromatic carbocycles. The molecule has 5 nitrogen and oxygen atoms in total. The third-order valence-electron chi connectivity index (χ3n) is 6.68. The Morgan fingerprint density at radius 2 is 2.00 bits per heavy atom. The van der Waals surface area contributed by atoms with Crippen LogP contribution in [-0.2, 0) is 11.2 Å². The van der Waals surface area contributed by atoms with Crippen molar-refractivity contribution >= 4 is 5.91 Å². The first-order valence-corrected chi connectivity index (χ1v) is 10.6. The number of rotatable bonds is 8. The van der Waals surface area contributed by atoms with Crippen molar-refractivity contribution in [2.24, 2.45) is 17.8 Å². The fraction of sp³-hybridized carbons (Fsp3) is 0.727. The Hall–Kier alpha value is -1.46. The summed E-state index contributed by atoms with van der Waals surface area (Å²) >= 11 is 0. The molecule has 1 aromatic rings. The van der Waals surface area contributed by atoms with Gasteiger partial charge in [-0.05, 0) is 55.8 Å². The van der Waals surface area contributed by atoms with Crippen LogP contribution in [0.4, 0.5) is 0 Å². The van der Waals surface area contributed by atoms with E-state index in [0.29, 0.717) is 17.7 Å². The van der Waals surface area contributed by atoms with Gasteiger partial charge in [0, 0.05) is 37.9 Å². The minimum absolute atomic E-state index is 0.0218. The SMILES string of the molecule is CC[C@@H]1CN(C(=O)C2CCCC2)[C@H](CO)[C@@H]1CN(C)CCc1ccncc1. The van der Waals surface area contributed by atoms with Crippen molar-refractivity contribution < 1.29 is 9.90 Å². The van der Waals surface area contributed by atoms with Gasteiger partial charge in [0.2, 0.25) is 5.91 Å². The molecule has 150 valence electrons. The first-order chi connectivity index (χ1) is 13.1. The molecule has 0 spiro atoms. The number of hydrogen-bond acceptors (Lipinski definition) is 4. The molecule has 1 amide bonds. The van der Waals surface area contributed by atoms with E-state index in [4.69, 9.17) is 0 Å². The van der Waals surface area contributed by atoms with Crippen LogP contribution in [0.25, 0.3) is 0 Å². The fourth-order valence-electron chi connectivity index (χ4n) is 4.99. The summed E-state index contributed by atoms with van der Waals surface area (Å²) in [6, 6.07) is 4.11. The van der Waals surface area contributed by atoms with Crippen LogP contribution in [0.3, 0.4) is 0 Å². The maximum atomic E-state index is 13.0. The largest absolute Gasteiger partial charge is 0.394 e. The molecule has 2 fully saturated rings. The van der Waals surface area contributed by atoms with Gasteiger partial charge in [0.05, 0.1) is 12.6 Å². The minimum atomic E-state index is -0.0218. The Labute approximate surface area is 163 Å². The minimum Gasteiger partial charge on any atom is -0.394 e.